The Kier molecular flexibility index (Phi) is 3.82. The summed E-state index contributed by atoms with van der Waals surface area (Å²) in [7, 11) is 1.63. The molecule has 2 aliphatic rings. The van der Waals surface area contributed by atoms with Gasteiger partial charge in [0, 0.05) is 19.7 Å². The van der Waals surface area contributed by atoms with Crippen LogP contribution in [0.3, 0.4) is 0 Å². The van der Waals surface area contributed by atoms with E-state index in [0.29, 0.717) is 12.6 Å². The molecule has 0 bridgehead atoms. The van der Waals surface area contributed by atoms with Crippen molar-refractivity contribution < 1.29 is 9.53 Å². The van der Waals surface area contributed by atoms with Crippen molar-refractivity contribution in [2.24, 2.45) is 0 Å². The molecule has 0 spiro atoms. The van der Waals surface area contributed by atoms with Gasteiger partial charge in [-0.3, -0.25) is 4.79 Å². The number of methoxy groups -OCH3 is 1. The maximum atomic E-state index is 12.2. The summed E-state index contributed by atoms with van der Waals surface area (Å²) in [5.41, 5.74) is -0.614. The number of amides is 1. The standard InChI is InChI=1S/C12H22N2O2/c1-16-12(7-8-13-9-12)11(15)14-10-5-3-2-4-6-10/h10,13H,2-9H2,1H3,(H,14,15)/t12-/m0/s1. The minimum Gasteiger partial charge on any atom is -0.367 e. The van der Waals surface area contributed by atoms with Crippen LogP contribution in [0.4, 0.5) is 0 Å². The molecular weight excluding hydrogens is 204 g/mol. The Bertz CT molecular complexity index is 243. The highest BCUT2D eigenvalue weighted by atomic mass is 16.5. The Balaban J connectivity index is 1.90. The lowest BCUT2D eigenvalue weighted by molar-refractivity contribution is -0.142. The molecule has 2 N–H and O–H groups in total. The fraction of sp³-hybridized carbons (Fsp3) is 0.917. The molecule has 4 nitrogen and oxygen atoms in total. The monoisotopic (exact) mass is 226 g/mol. The van der Waals surface area contributed by atoms with Gasteiger partial charge in [0.05, 0.1) is 0 Å². The van der Waals surface area contributed by atoms with Crippen LogP contribution in [0.1, 0.15) is 38.5 Å². The van der Waals surface area contributed by atoms with E-state index < -0.39 is 5.60 Å². The third-order valence-corrected chi connectivity index (χ3v) is 3.86. The van der Waals surface area contributed by atoms with Crippen molar-refractivity contribution >= 4 is 5.91 Å². The van der Waals surface area contributed by atoms with Crippen LogP contribution < -0.4 is 10.6 Å². The molecule has 2 fully saturated rings. The average Bonchev–Trinajstić information content (AvgIpc) is 2.80. The van der Waals surface area contributed by atoms with Gasteiger partial charge in [0.15, 0.2) is 5.60 Å². The minimum atomic E-state index is -0.614. The summed E-state index contributed by atoms with van der Waals surface area (Å²) >= 11 is 0. The van der Waals surface area contributed by atoms with E-state index in [9.17, 15) is 4.79 Å². The Labute approximate surface area is 97.1 Å². The Morgan fingerprint density at radius 1 is 1.38 bits per heavy atom. The maximum Gasteiger partial charge on any atom is 0.253 e. The third kappa shape index (κ3) is 2.38. The van der Waals surface area contributed by atoms with Crippen LogP contribution in [0.2, 0.25) is 0 Å². The topological polar surface area (TPSA) is 50.4 Å². The SMILES string of the molecule is CO[C@@]1(C(=O)NC2CCCCC2)CCNC1. The summed E-state index contributed by atoms with van der Waals surface area (Å²) in [6.07, 6.45) is 6.82. The molecule has 1 amide bonds. The van der Waals surface area contributed by atoms with Crippen molar-refractivity contribution in [2.45, 2.75) is 50.2 Å². The van der Waals surface area contributed by atoms with E-state index in [0.717, 1.165) is 25.8 Å². The van der Waals surface area contributed by atoms with Crippen LogP contribution in [-0.4, -0.2) is 37.7 Å². The molecular formula is C12H22N2O2. The van der Waals surface area contributed by atoms with E-state index in [1.807, 2.05) is 0 Å². The van der Waals surface area contributed by atoms with Crippen LogP contribution in [0.25, 0.3) is 0 Å². The minimum absolute atomic E-state index is 0.0758. The molecule has 1 saturated carbocycles. The zero-order valence-corrected chi connectivity index (χ0v) is 10.1. The number of carbonyl (C=O) groups is 1. The van der Waals surface area contributed by atoms with Crippen LogP contribution in [0, 0.1) is 0 Å². The highest BCUT2D eigenvalue weighted by Crippen LogP contribution is 2.22. The summed E-state index contributed by atoms with van der Waals surface area (Å²) < 4.78 is 5.43. The van der Waals surface area contributed by atoms with Crippen LogP contribution >= 0.6 is 0 Å². The van der Waals surface area contributed by atoms with Crippen LogP contribution in [0.15, 0.2) is 0 Å². The first-order valence-corrected chi connectivity index (χ1v) is 6.34. The second kappa shape index (κ2) is 5.15. The molecule has 2 rings (SSSR count). The van der Waals surface area contributed by atoms with Gasteiger partial charge in [0.1, 0.15) is 0 Å². The van der Waals surface area contributed by atoms with E-state index in [-0.39, 0.29) is 5.91 Å². The van der Waals surface area contributed by atoms with Gasteiger partial charge in [0.25, 0.3) is 5.91 Å². The van der Waals surface area contributed by atoms with E-state index >= 15 is 0 Å². The molecule has 1 atom stereocenters. The first kappa shape index (κ1) is 11.9. The number of carbonyl (C=O) groups excluding carboxylic acids is 1. The highest BCUT2D eigenvalue weighted by Gasteiger charge is 2.42. The largest absolute Gasteiger partial charge is 0.367 e. The molecule has 1 aliphatic carbocycles. The molecule has 16 heavy (non-hydrogen) atoms. The Morgan fingerprint density at radius 3 is 2.69 bits per heavy atom. The molecule has 0 unspecified atom stereocenters. The van der Waals surface area contributed by atoms with Crippen LogP contribution in [-0.2, 0) is 9.53 Å². The van der Waals surface area contributed by atoms with Crippen molar-refractivity contribution in [3.8, 4) is 0 Å². The lowest BCUT2D eigenvalue weighted by Gasteiger charge is -2.30. The van der Waals surface area contributed by atoms with Gasteiger partial charge in [0.2, 0.25) is 0 Å². The van der Waals surface area contributed by atoms with Crippen molar-refractivity contribution in [3.63, 3.8) is 0 Å². The molecule has 1 heterocycles. The highest BCUT2D eigenvalue weighted by molar-refractivity contribution is 5.86. The molecule has 0 aromatic heterocycles. The number of rotatable bonds is 3. The zero-order chi connectivity index (χ0) is 11.4. The summed E-state index contributed by atoms with van der Waals surface area (Å²) in [4.78, 5) is 12.2. The predicted molar refractivity (Wildman–Crippen MR) is 62.2 cm³/mol. The number of ether oxygens (including phenoxy) is 1. The van der Waals surface area contributed by atoms with Gasteiger partial charge in [-0.2, -0.15) is 0 Å². The zero-order valence-electron chi connectivity index (χ0n) is 10.1. The lowest BCUT2D eigenvalue weighted by Crippen LogP contribution is -2.53. The van der Waals surface area contributed by atoms with Gasteiger partial charge in [-0.1, -0.05) is 19.3 Å². The average molecular weight is 226 g/mol. The maximum absolute atomic E-state index is 12.2. The smallest absolute Gasteiger partial charge is 0.253 e. The van der Waals surface area contributed by atoms with E-state index in [4.69, 9.17) is 4.74 Å². The van der Waals surface area contributed by atoms with Gasteiger partial charge < -0.3 is 15.4 Å². The van der Waals surface area contributed by atoms with Gasteiger partial charge in [-0.15, -0.1) is 0 Å². The van der Waals surface area contributed by atoms with Gasteiger partial charge in [-0.25, -0.2) is 0 Å². The van der Waals surface area contributed by atoms with Crippen molar-refractivity contribution in [2.75, 3.05) is 20.2 Å². The fourth-order valence-corrected chi connectivity index (χ4v) is 2.69. The first-order valence-electron chi connectivity index (χ1n) is 6.34. The molecule has 0 aromatic carbocycles. The molecule has 1 aliphatic heterocycles. The van der Waals surface area contributed by atoms with Gasteiger partial charge >= 0.3 is 0 Å². The summed E-state index contributed by atoms with van der Waals surface area (Å²) in [5.74, 6) is 0.0758. The summed E-state index contributed by atoms with van der Waals surface area (Å²) in [6.45, 7) is 1.51. The van der Waals surface area contributed by atoms with Crippen molar-refractivity contribution in [3.05, 3.63) is 0 Å². The number of nitrogens with one attached hydrogen (secondary N) is 2. The summed E-state index contributed by atoms with van der Waals surface area (Å²) in [5, 5.41) is 6.35. The fourth-order valence-electron chi connectivity index (χ4n) is 2.69. The second-order valence-electron chi connectivity index (χ2n) is 4.93. The quantitative estimate of drug-likeness (QED) is 0.749. The van der Waals surface area contributed by atoms with Crippen LogP contribution in [0.5, 0.6) is 0 Å². The van der Waals surface area contributed by atoms with Crippen molar-refractivity contribution in [1.82, 2.24) is 10.6 Å². The first-order chi connectivity index (χ1) is 7.77. The van der Waals surface area contributed by atoms with Gasteiger partial charge in [-0.05, 0) is 25.8 Å². The summed E-state index contributed by atoms with van der Waals surface area (Å²) in [6, 6.07) is 0.369. The number of hydrogen-bond acceptors (Lipinski definition) is 3. The lowest BCUT2D eigenvalue weighted by atomic mass is 9.94. The van der Waals surface area contributed by atoms with E-state index in [1.165, 1.54) is 19.3 Å². The molecule has 92 valence electrons. The Morgan fingerprint density at radius 2 is 2.12 bits per heavy atom. The third-order valence-electron chi connectivity index (χ3n) is 3.86. The molecule has 4 heteroatoms. The second-order valence-corrected chi connectivity index (χ2v) is 4.93. The predicted octanol–water partition coefficient (Wildman–Crippen LogP) is 0.814. The normalized spacial score (nSPS) is 31.6. The van der Waals surface area contributed by atoms with E-state index in [1.54, 1.807) is 7.11 Å². The molecule has 0 aromatic rings. The molecule has 0 radical (unpaired) electrons. The Hall–Kier alpha value is -0.610. The molecule has 1 saturated heterocycles. The number of hydrogen-bond donors (Lipinski definition) is 2. The van der Waals surface area contributed by atoms with E-state index in [2.05, 4.69) is 10.6 Å². The van der Waals surface area contributed by atoms with Crippen molar-refractivity contribution in [1.29, 1.82) is 0 Å².